The van der Waals surface area contributed by atoms with Crippen LogP contribution in [0.15, 0.2) is 29.3 Å². The molecule has 1 aromatic carbocycles. The first-order chi connectivity index (χ1) is 13.1. The van der Waals surface area contributed by atoms with Gasteiger partial charge in [0.15, 0.2) is 5.17 Å². The Morgan fingerprint density at radius 2 is 1.79 bits per heavy atom. The lowest BCUT2D eigenvalue weighted by molar-refractivity contribution is -0.143. The second-order valence-corrected chi connectivity index (χ2v) is 7.60. The summed E-state index contributed by atoms with van der Waals surface area (Å²) in [6, 6.07) is 5.79. The molecule has 1 aromatic rings. The number of rotatable bonds is 5. The summed E-state index contributed by atoms with van der Waals surface area (Å²) in [5, 5.41) is 5.73. The normalized spacial score (nSPS) is 12.7. The van der Waals surface area contributed by atoms with Crippen LogP contribution in [0.5, 0.6) is 0 Å². The Labute approximate surface area is 169 Å². The predicted molar refractivity (Wildman–Crippen MR) is 110 cm³/mol. The fourth-order valence-electron chi connectivity index (χ4n) is 2.18. The van der Waals surface area contributed by atoms with Gasteiger partial charge >= 0.3 is 12.1 Å². The fraction of sp³-hybridized carbons (Fsp3) is 0.474. The average Bonchev–Trinajstić information content (AvgIpc) is 2.63. The molecule has 0 bridgehead atoms. The Morgan fingerprint density at radius 1 is 1.18 bits per heavy atom. The number of esters is 1. The molecule has 28 heavy (non-hydrogen) atoms. The van der Waals surface area contributed by atoms with Crippen LogP contribution in [0.1, 0.15) is 36.7 Å². The third-order valence-corrected chi connectivity index (χ3v) is 4.12. The van der Waals surface area contributed by atoms with E-state index in [9.17, 15) is 14.4 Å². The van der Waals surface area contributed by atoms with Gasteiger partial charge in [-0.25, -0.2) is 9.59 Å². The van der Waals surface area contributed by atoms with E-state index in [4.69, 9.17) is 9.47 Å². The van der Waals surface area contributed by atoms with Gasteiger partial charge in [-0.3, -0.25) is 9.79 Å². The molecule has 2 amide bonds. The van der Waals surface area contributed by atoms with Gasteiger partial charge in [0.1, 0.15) is 11.6 Å². The van der Waals surface area contributed by atoms with E-state index in [-0.39, 0.29) is 12.3 Å². The fourth-order valence-corrected chi connectivity index (χ4v) is 2.56. The van der Waals surface area contributed by atoms with E-state index in [1.807, 2.05) is 6.26 Å². The minimum atomic E-state index is -0.908. The van der Waals surface area contributed by atoms with Crippen molar-refractivity contribution in [3.05, 3.63) is 35.4 Å². The van der Waals surface area contributed by atoms with Crippen LogP contribution in [0, 0.1) is 0 Å². The standard InChI is InChI=1S/C19H27N3O5S/c1-19(2,3)27-18(25)21-14(16(24)26-5)11-12-7-9-13(10-8-12)15(23)22-17(20-4)28-6/h7-10,14H,11H2,1-6H3,(H,21,25)(H,20,22,23)/t14-/m0/s1. The highest BCUT2D eigenvalue weighted by Gasteiger charge is 2.25. The number of alkyl carbamates (subject to hydrolysis) is 1. The van der Waals surface area contributed by atoms with E-state index in [2.05, 4.69) is 15.6 Å². The molecule has 0 aliphatic heterocycles. The molecule has 0 aliphatic rings. The Kier molecular flexibility index (Phi) is 8.98. The van der Waals surface area contributed by atoms with Crippen LogP contribution in [0.4, 0.5) is 4.79 Å². The maximum atomic E-state index is 12.2. The molecule has 0 saturated carbocycles. The van der Waals surface area contributed by atoms with Gasteiger partial charge in [0.25, 0.3) is 5.91 Å². The maximum absolute atomic E-state index is 12.2. The third kappa shape index (κ3) is 7.99. The summed E-state index contributed by atoms with van der Waals surface area (Å²) in [6.45, 7) is 5.19. The molecule has 8 nitrogen and oxygen atoms in total. The summed E-state index contributed by atoms with van der Waals surface area (Å²) in [5.41, 5.74) is 0.517. The molecule has 0 unspecified atom stereocenters. The zero-order valence-electron chi connectivity index (χ0n) is 17.0. The monoisotopic (exact) mass is 409 g/mol. The largest absolute Gasteiger partial charge is 0.467 e. The van der Waals surface area contributed by atoms with Crippen molar-refractivity contribution in [2.45, 2.75) is 38.8 Å². The van der Waals surface area contributed by atoms with Crippen molar-refractivity contribution in [1.29, 1.82) is 0 Å². The molecule has 1 rings (SSSR count). The molecule has 154 valence electrons. The van der Waals surface area contributed by atoms with E-state index in [0.717, 1.165) is 5.56 Å². The van der Waals surface area contributed by atoms with Crippen LogP contribution in [0.3, 0.4) is 0 Å². The highest BCUT2D eigenvalue weighted by Crippen LogP contribution is 2.11. The van der Waals surface area contributed by atoms with Crippen LogP contribution in [-0.2, 0) is 20.7 Å². The van der Waals surface area contributed by atoms with Crippen LogP contribution < -0.4 is 10.6 Å². The predicted octanol–water partition coefficient (Wildman–Crippen LogP) is 2.37. The molecule has 1 atom stereocenters. The van der Waals surface area contributed by atoms with E-state index in [1.165, 1.54) is 18.9 Å². The zero-order chi connectivity index (χ0) is 21.3. The number of thioether (sulfide) groups is 1. The summed E-state index contributed by atoms with van der Waals surface area (Å²) >= 11 is 1.33. The number of hydrogen-bond acceptors (Lipinski definition) is 7. The van der Waals surface area contributed by atoms with Crippen molar-refractivity contribution in [2.75, 3.05) is 20.4 Å². The number of benzene rings is 1. The van der Waals surface area contributed by atoms with Crippen molar-refractivity contribution in [2.24, 2.45) is 4.99 Å². The maximum Gasteiger partial charge on any atom is 0.408 e. The van der Waals surface area contributed by atoms with Gasteiger partial charge in [-0.1, -0.05) is 23.9 Å². The molecule has 0 heterocycles. The number of hydrogen-bond donors (Lipinski definition) is 2. The lowest BCUT2D eigenvalue weighted by Gasteiger charge is -2.22. The molecule has 0 saturated heterocycles. The first-order valence-electron chi connectivity index (χ1n) is 8.58. The smallest absolute Gasteiger partial charge is 0.408 e. The van der Waals surface area contributed by atoms with E-state index in [0.29, 0.717) is 10.7 Å². The number of amides is 2. The third-order valence-electron chi connectivity index (χ3n) is 3.45. The van der Waals surface area contributed by atoms with Gasteiger partial charge in [0, 0.05) is 19.0 Å². The second kappa shape index (κ2) is 10.7. The van der Waals surface area contributed by atoms with Crippen molar-refractivity contribution < 1.29 is 23.9 Å². The highest BCUT2D eigenvalue weighted by molar-refractivity contribution is 8.13. The van der Waals surface area contributed by atoms with E-state index < -0.39 is 23.7 Å². The summed E-state index contributed by atoms with van der Waals surface area (Å²) < 4.78 is 9.94. The first kappa shape index (κ1) is 23.5. The number of amidine groups is 1. The molecule has 0 fully saturated rings. The lowest BCUT2D eigenvalue weighted by Crippen LogP contribution is -2.45. The Hall–Kier alpha value is -2.55. The van der Waals surface area contributed by atoms with Crippen molar-refractivity contribution in [3.63, 3.8) is 0 Å². The SMILES string of the molecule is CN=C(NC(=O)c1ccc(C[C@H](NC(=O)OC(C)(C)C)C(=O)OC)cc1)SC. The van der Waals surface area contributed by atoms with Crippen LogP contribution in [0.2, 0.25) is 0 Å². The van der Waals surface area contributed by atoms with Crippen molar-refractivity contribution >= 4 is 34.9 Å². The van der Waals surface area contributed by atoms with Gasteiger partial charge in [-0.15, -0.1) is 0 Å². The summed E-state index contributed by atoms with van der Waals surface area (Å²) in [6.07, 6.45) is 1.30. The second-order valence-electron chi connectivity index (χ2n) is 6.81. The Morgan fingerprint density at radius 3 is 2.25 bits per heavy atom. The number of nitrogens with zero attached hydrogens (tertiary/aromatic N) is 1. The molecular weight excluding hydrogens is 382 g/mol. The molecule has 0 spiro atoms. The number of methoxy groups -OCH3 is 1. The van der Waals surface area contributed by atoms with Crippen LogP contribution >= 0.6 is 11.8 Å². The van der Waals surface area contributed by atoms with Crippen molar-refractivity contribution in [3.8, 4) is 0 Å². The number of carbonyl (C=O) groups is 3. The molecule has 0 radical (unpaired) electrons. The molecule has 0 aromatic heterocycles. The topological polar surface area (TPSA) is 106 Å². The minimum absolute atomic E-state index is 0.195. The van der Waals surface area contributed by atoms with Crippen LogP contribution in [0.25, 0.3) is 0 Å². The zero-order valence-corrected chi connectivity index (χ0v) is 17.8. The van der Waals surface area contributed by atoms with E-state index >= 15 is 0 Å². The van der Waals surface area contributed by atoms with E-state index in [1.54, 1.807) is 52.1 Å². The number of carbonyl (C=O) groups excluding carboxylic acids is 3. The number of aliphatic imine (C=N–C) groups is 1. The van der Waals surface area contributed by atoms with Crippen LogP contribution in [-0.4, -0.2) is 55.2 Å². The summed E-state index contributed by atoms with van der Waals surface area (Å²) in [4.78, 5) is 40.1. The summed E-state index contributed by atoms with van der Waals surface area (Å²) in [5.74, 6) is -0.866. The Balaban J connectivity index is 2.83. The van der Waals surface area contributed by atoms with Crippen molar-refractivity contribution in [1.82, 2.24) is 10.6 Å². The highest BCUT2D eigenvalue weighted by atomic mass is 32.2. The lowest BCUT2D eigenvalue weighted by atomic mass is 10.0. The molecular formula is C19H27N3O5S. The van der Waals surface area contributed by atoms with Gasteiger partial charge < -0.3 is 20.1 Å². The van der Waals surface area contributed by atoms with Gasteiger partial charge in [0.05, 0.1) is 7.11 Å². The average molecular weight is 410 g/mol. The quantitative estimate of drug-likeness (QED) is 0.439. The number of nitrogens with one attached hydrogen (secondary N) is 2. The minimum Gasteiger partial charge on any atom is -0.467 e. The van der Waals surface area contributed by atoms with Gasteiger partial charge in [-0.2, -0.15) is 0 Å². The molecule has 9 heteroatoms. The first-order valence-corrected chi connectivity index (χ1v) is 9.80. The van der Waals surface area contributed by atoms with Gasteiger partial charge in [-0.05, 0) is 44.7 Å². The Bertz CT molecular complexity index is 726. The molecule has 2 N–H and O–H groups in total. The van der Waals surface area contributed by atoms with Gasteiger partial charge in [0.2, 0.25) is 0 Å². The number of ether oxygens (including phenoxy) is 2. The summed E-state index contributed by atoms with van der Waals surface area (Å²) in [7, 11) is 2.85. The molecule has 0 aliphatic carbocycles.